The van der Waals surface area contributed by atoms with Gasteiger partial charge in [0.1, 0.15) is 0 Å². The van der Waals surface area contributed by atoms with Gasteiger partial charge in [0.25, 0.3) is 0 Å². The fourth-order valence-electron chi connectivity index (χ4n) is 2.55. The molecular weight excluding hydrogens is 272 g/mol. The quantitative estimate of drug-likeness (QED) is 0.593. The minimum Gasteiger partial charge on any atom is -0.504 e. The Balaban J connectivity index is 1.87. The van der Waals surface area contributed by atoms with E-state index in [4.69, 9.17) is 4.74 Å². The molecule has 22 heavy (non-hydrogen) atoms. The number of benzene rings is 2. The molecule has 0 saturated heterocycles. The van der Waals surface area contributed by atoms with Crippen LogP contribution in [0.15, 0.2) is 48.5 Å². The lowest BCUT2D eigenvalue weighted by Crippen LogP contribution is -1.98. The average molecular weight is 298 g/mol. The van der Waals surface area contributed by atoms with Crippen LogP contribution in [0.25, 0.3) is 11.1 Å². The van der Waals surface area contributed by atoms with E-state index in [1.807, 2.05) is 48.5 Å². The second-order valence-corrected chi connectivity index (χ2v) is 5.63. The summed E-state index contributed by atoms with van der Waals surface area (Å²) in [5.74, 6) is 0.814. The van der Waals surface area contributed by atoms with Gasteiger partial charge in [-0.25, -0.2) is 0 Å². The Labute approximate surface area is 133 Å². The second kappa shape index (κ2) is 9.14. The first kappa shape index (κ1) is 16.4. The summed E-state index contributed by atoms with van der Waals surface area (Å²) in [5, 5.41) is 10.4. The molecule has 0 aromatic heterocycles. The van der Waals surface area contributed by atoms with Crippen molar-refractivity contribution in [2.24, 2.45) is 0 Å². The highest BCUT2D eigenvalue weighted by atomic mass is 16.5. The smallest absolute Gasteiger partial charge is 0.165 e. The van der Waals surface area contributed by atoms with E-state index in [0.717, 1.165) is 17.5 Å². The van der Waals surface area contributed by atoms with E-state index < -0.39 is 0 Å². The van der Waals surface area contributed by atoms with E-state index in [-0.39, 0.29) is 5.75 Å². The van der Waals surface area contributed by atoms with E-state index in [9.17, 15) is 5.11 Å². The molecule has 2 aromatic carbocycles. The molecule has 0 bridgehead atoms. The van der Waals surface area contributed by atoms with Gasteiger partial charge >= 0.3 is 0 Å². The fourth-order valence-corrected chi connectivity index (χ4v) is 2.55. The van der Waals surface area contributed by atoms with Gasteiger partial charge in [-0.15, -0.1) is 0 Å². The Morgan fingerprint density at radius 3 is 2.32 bits per heavy atom. The number of hydrogen-bond donors (Lipinski definition) is 1. The summed E-state index contributed by atoms with van der Waals surface area (Å²) >= 11 is 0. The van der Waals surface area contributed by atoms with Crippen LogP contribution < -0.4 is 4.74 Å². The van der Waals surface area contributed by atoms with Crippen molar-refractivity contribution in [3.8, 4) is 22.6 Å². The molecule has 118 valence electrons. The van der Waals surface area contributed by atoms with Gasteiger partial charge in [0.2, 0.25) is 0 Å². The van der Waals surface area contributed by atoms with Gasteiger partial charge in [0.15, 0.2) is 11.5 Å². The highest BCUT2D eigenvalue weighted by molar-refractivity contribution is 5.73. The number of ether oxygens (including phenoxy) is 1. The zero-order valence-corrected chi connectivity index (χ0v) is 13.4. The van der Waals surface area contributed by atoms with Crippen LogP contribution >= 0.6 is 0 Å². The standard InChI is InChI=1S/C20H26O2/c1-2-3-4-5-6-10-16-22-19-15-11-14-18(20(19)21)17-12-8-7-9-13-17/h7-9,11-15,21H,2-6,10,16H2,1H3. The summed E-state index contributed by atoms with van der Waals surface area (Å²) in [5.41, 5.74) is 1.83. The second-order valence-electron chi connectivity index (χ2n) is 5.63. The number of phenols is 1. The predicted molar refractivity (Wildman–Crippen MR) is 92.4 cm³/mol. The summed E-state index contributed by atoms with van der Waals surface area (Å²) in [7, 11) is 0. The Morgan fingerprint density at radius 1 is 0.818 bits per heavy atom. The van der Waals surface area contributed by atoms with Crippen LogP contribution in [0.2, 0.25) is 0 Å². The summed E-state index contributed by atoms with van der Waals surface area (Å²) in [6.07, 6.45) is 7.41. The van der Waals surface area contributed by atoms with Crippen LogP contribution in [-0.2, 0) is 0 Å². The lowest BCUT2D eigenvalue weighted by molar-refractivity contribution is 0.289. The van der Waals surface area contributed by atoms with Gasteiger partial charge in [-0.05, 0) is 18.1 Å². The lowest BCUT2D eigenvalue weighted by Gasteiger charge is -2.11. The van der Waals surface area contributed by atoms with E-state index >= 15 is 0 Å². The first-order valence-electron chi connectivity index (χ1n) is 8.33. The molecule has 0 saturated carbocycles. The first-order chi connectivity index (χ1) is 10.8. The minimum absolute atomic E-state index is 0.236. The molecule has 0 atom stereocenters. The molecule has 2 heteroatoms. The SMILES string of the molecule is CCCCCCCCOc1cccc(-c2ccccc2)c1O. The van der Waals surface area contributed by atoms with Crippen LogP contribution in [-0.4, -0.2) is 11.7 Å². The summed E-state index contributed by atoms with van der Waals surface area (Å²) < 4.78 is 5.76. The Hall–Kier alpha value is -1.96. The molecule has 0 heterocycles. The largest absolute Gasteiger partial charge is 0.504 e. The third kappa shape index (κ3) is 4.80. The molecule has 0 aliphatic carbocycles. The van der Waals surface area contributed by atoms with Crippen molar-refractivity contribution in [1.82, 2.24) is 0 Å². The maximum absolute atomic E-state index is 10.4. The van der Waals surface area contributed by atoms with Crippen molar-refractivity contribution in [2.45, 2.75) is 45.4 Å². The molecule has 1 N–H and O–H groups in total. The van der Waals surface area contributed by atoms with Crippen molar-refractivity contribution in [3.63, 3.8) is 0 Å². The van der Waals surface area contributed by atoms with Crippen molar-refractivity contribution in [2.75, 3.05) is 6.61 Å². The number of para-hydroxylation sites is 1. The third-order valence-electron chi connectivity index (χ3n) is 3.84. The van der Waals surface area contributed by atoms with Crippen molar-refractivity contribution in [3.05, 3.63) is 48.5 Å². The predicted octanol–water partition coefficient (Wildman–Crippen LogP) is 5.80. The highest BCUT2D eigenvalue weighted by Crippen LogP contribution is 2.36. The number of hydrogen-bond acceptors (Lipinski definition) is 2. The van der Waals surface area contributed by atoms with E-state index in [1.165, 1.54) is 32.1 Å². The molecule has 2 aromatic rings. The normalized spacial score (nSPS) is 10.6. The van der Waals surface area contributed by atoms with Gasteiger partial charge in [-0.1, -0.05) is 81.5 Å². The number of aromatic hydroxyl groups is 1. The molecule has 0 amide bonds. The zero-order chi connectivity index (χ0) is 15.6. The Morgan fingerprint density at radius 2 is 1.55 bits per heavy atom. The van der Waals surface area contributed by atoms with Crippen molar-refractivity contribution >= 4 is 0 Å². The van der Waals surface area contributed by atoms with Crippen molar-refractivity contribution < 1.29 is 9.84 Å². The van der Waals surface area contributed by atoms with Crippen LogP contribution in [0.3, 0.4) is 0 Å². The number of unbranched alkanes of at least 4 members (excludes halogenated alkanes) is 5. The van der Waals surface area contributed by atoms with Crippen LogP contribution in [0.1, 0.15) is 45.4 Å². The van der Waals surface area contributed by atoms with Crippen molar-refractivity contribution in [1.29, 1.82) is 0 Å². The topological polar surface area (TPSA) is 29.5 Å². The summed E-state index contributed by atoms with van der Waals surface area (Å²) in [6.45, 7) is 2.89. The van der Waals surface area contributed by atoms with E-state index in [0.29, 0.717) is 12.4 Å². The van der Waals surface area contributed by atoms with Gasteiger partial charge < -0.3 is 9.84 Å². The molecule has 2 nitrogen and oxygen atoms in total. The Bertz CT molecular complexity index is 549. The zero-order valence-electron chi connectivity index (χ0n) is 13.4. The average Bonchev–Trinajstić information content (AvgIpc) is 2.56. The molecule has 0 fully saturated rings. The van der Waals surface area contributed by atoms with Crippen LogP contribution in [0.4, 0.5) is 0 Å². The number of phenolic OH excluding ortho intramolecular Hbond substituents is 1. The Kier molecular flexibility index (Phi) is 6.82. The van der Waals surface area contributed by atoms with E-state index in [1.54, 1.807) is 0 Å². The van der Waals surface area contributed by atoms with Gasteiger partial charge in [-0.3, -0.25) is 0 Å². The molecule has 0 aliphatic rings. The monoisotopic (exact) mass is 298 g/mol. The third-order valence-corrected chi connectivity index (χ3v) is 3.84. The molecule has 2 rings (SSSR count). The fraction of sp³-hybridized carbons (Fsp3) is 0.400. The van der Waals surface area contributed by atoms with Gasteiger partial charge in [0, 0.05) is 5.56 Å². The molecule has 0 spiro atoms. The summed E-state index contributed by atoms with van der Waals surface area (Å²) in [4.78, 5) is 0. The van der Waals surface area contributed by atoms with Crippen LogP contribution in [0, 0.1) is 0 Å². The molecule has 0 unspecified atom stereocenters. The maximum atomic E-state index is 10.4. The van der Waals surface area contributed by atoms with Gasteiger partial charge in [0.05, 0.1) is 6.61 Å². The van der Waals surface area contributed by atoms with Crippen LogP contribution in [0.5, 0.6) is 11.5 Å². The molecular formula is C20H26O2. The lowest BCUT2D eigenvalue weighted by atomic mass is 10.0. The summed E-state index contributed by atoms with van der Waals surface area (Å²) in [6, 6.07) is 15.6. The minimum atomic E-state index is 0.236. The number of rotatable bonds is 9. The first-order valence-corrected chi connectivity index (χ1v) is 8.33. The maximum Gasteiger partial charge on any atom is 0.165 e. The van der Waals surface area contributed by atoms with E-state index in [2.05, 4.69) is 6.92 Å². The van der Waals surface area contributed by atoms with Gasteiger partial charge in [-0.2, -0.15) is 0 Å². The molecule has 0 aliphatic heterocycles. The molecule has 0 radical (unpaired) electrons. The highest BCUT2D eigenvalue weighted by Gasteiger charge is 2.09.